The van der Waals surface area contributed by atoms with E-state index in [1.165, 1.54) is 14.0 Å². The molecule has 5 nitrogen and oxygen atoms in total. The largest absolute Gasteiger partial charge is 0.466 e. The zero-order valence-corrected chi connectivity index (χ0v) is 12.4. The topological polar surface area (TPSA) is 61.8 Å². The minimum absolute atomic E-state index is 0.169. The first-order valence-electron chi connectivity index (χ1n) is 6.30. The smallest absolute Gasteiger partial charge is 0.350 e. The molecule has 1 atom stereocenters. The normalized spacial score (nSPS) is 14.4. The molecular weight excluding hydrogens is 248 g/mol. The van der Waals surface area contributed by atoms with E-state index in [2.05, 4.69) is 11.3 Å². The lowest BCUT2D eigenvalue weighted by molar-refractivity contribution is -0.204. The van der Waals surface area contributed by atoms with Gasteiger partial charge in [-0.05, 0) is 40.5 Å². The first-order chi connectivity index (χ1) is 8.73. The van der Waals surface area contributed by atoms with Crippen LogP contribution in [-0.4, -0.2) is 36.9 Å². The summed E-state index contributed by atoms with van der Waals surface area (Å²) in [5, 5.41) is 0. The van der Waals surface area contributed by atoms with E-state index in [1.807, 2.05) is 0 Å². The fraction of sp³-hybridized carbons (Fsp3) is 0.714. The predicted octanol–water partition coefficient (Wildman–Crippen LogP) is 2.24. The Balaban J connectivity index is 5.10. The van der Waals surface area contributed by atoms with Gasteiger partial charge in [0.25, 0.3) is 5.60 Å². The van der Waals surface area contributed by atoms with Crippen molar-refractivity contribution in [2.45, 2.75) is 51.7 Å². The summed E-state index contributed by atoms with van der Waals surface area (Å²) < 4.78 is 15.2. The molecule has 0 aromatic carbocycles. The second-order valence-electron chi connectivity index (χ2n) is 4.93. The summed E-state index contributed by atoms with van der Waals surface area (Å²) in [6, 6.07) is 0. The van der Waals surface area contributed by atoms with Gasteiger partial charge in [-0.1, -0.05) is 6.08 Å². The van der Waals surface area contributed by atoms with Gasteiger partial charge in [-0.25, -0.2) is 9.59 Å². The Morgan fingerprint density at radius 1 is 1.21 bits per heavy atom. The van der Waals surface area contributed by atoms with E-state index >= 15 is 0 Å². The Hall–Kier alpha value is -1.36. The Morgan fingerprint density at radius 2 is 1.79 bits per heavy atom. The molecule has 0 bridgehead atoms. The van der Waals surface area contributed by atoms with E-state index in [-0.39, 0.29) is 6.61 Å². The van der Waals surface area contributed by atoms with Crippen LogP contribution in [0.25, 0.3) is 0 Å². The van der Waals surface area contributed by atoms with Crippen LogP contribution in [-0.2, 0) is 23.8 Å². The molecule has 0 saturated carbocycles. The molecule has 0 rings (SSSR count). The van der Waals surface area contributed by atoms with Gasteiger partial charge in [0.05, 0.1) is 19.3 Å². The molecule has 19 heavy (non-hydrogen) atoms. The molecular formula is C14H24O5. The third-order valence-electron chi connectivity index (χ3n) is 2.67. The highest BCUT2D eigenvalue weighted by Gasteiger charge is 2.48. The van der Waals surface area contributed by atoms with Gasteiger partial charge in [0.1, 0.15) is 0 Å². The van der Waals surface area contributed by atoms with Crippen molar-refractivity contribution in [3.8, 4) is 0 Å². The molecule has 0 aliphatic heterocycles. The number of hydrogen-bond donors (Lipinski definition) is 0. The standard InChI is InChI=1S/C14H24O5/c1-7-9-10-13(3,4)19-14(5,11(15)17-6)12(16)18-8-2/h7H,1,8-10H2,2-6H3. The fourth-order valence-electron chi connectivity index (χ4n) is 1.68. The minimum atomic E-state index is -1.75. The van der Waals surface area contributed by atoms with E-state index in [1.54, 1.807) is 26.8 Å². The van der Waals surface area contributed by atoms with Crippen LogP contribution >= 0.6 is 0 Å². The Labute approximate surface area is 114 Å². The van der Waals surface area contributed by atoms with Crippen LogP contribution in [0, 0.1) is 0 Å². The lowest BCUT2D eigenvalue weighted by Crippen LogP contribution is -2.52. The molecule has 1 unspecified atom stereocenters. The maximum absolute atomic E-state index is 11.9. The van der Waals surface area contributed by atoms with Crippen molar-refractivity contribution in [1.82, 2.24) is 0 Å². The molecule has 0 aromatic rings. The zero-order valence-electron chi connectivity index (χ0n) is 12.4. The molecule has 5 heteroatoms. The quantitative estimate of drug-likeness (QED) is 0.385. The molecule has 0 spiro atoms. The van der Waals surface area contributed by atoms with Crippen LogP contribution in [0.2, 0.25) is 0 Å². The van der Waals surface area contributed by atoms with E-state index in [4.69, 9.17) is 9.47 Å². The first-order valence-corrected chi connectivity index (χ1v) is 6.30. The van der Waals surface area contributed by atoms with E-state index < -0.39 is 23.1 Å². The summed E-state index contributed by atoms with van der Waals surface area (Å²) in [6.45, 7) is 10.4. The number of allylic oxidation sites excluding steroid dienone is 1. The van der Waals surface area contributed by atoms with E-state index in [0.29, 0.717) is 12.8 Å². The summed E-state index contributed by atoms with van der Waals surface area (Å²) in [5.74, 6) is -1.51. The highest BCUT2D eigenvalue weighted by molar-refractivity contribution is 6.03. The summed E-state index contributed by atoms with van der Waals surface area (Å²) in [4.78, 5) is 23.8. The van der Waals surface area contributed by atoms with Gasteiger partial charge in [0.2, 0.25) is 0 Å². The maximum atomic E-state index is 11.9. The SMILES string of the molecule is C=CCCC(C)(C)OC(C)(C(=O)OC)C(=O)OCC. The number of carbonyl (C=O) groups excluding carboxylic acids is 2. The van der Waals surface area contributed by atoms with Crippen LogP contribution in [0.3, 0.4) is 0 Å². The molecule has 0 aliphatic rings. The highest BCUT2D eigenvalue weighted by Crippen LogP contribution is 2.27. The number of rotatable bonds is 8. The third kappa shape index (κ3) is 5.03. The van der Waals surface area contributed by atoms with Gasteiger partial charge in [0.15, 0.2) is 0 Å². The second kappa shape index (κ2) is 7.28. The van der Waals surface area contributed by atoms with Crippen LogP contribution in [0.4, 0.5) is 0 Å². The second-order valence-corrected chi connectivity index (χ2v) is 4.93. The van der Waals surface area contributed by atoms with Gasteiger partial charge >= 0.3 is 11.9 Å². The Kier molecular flexibility index (Phi) is 6.76. The van der Waals surface area contributed by atoms with Crippen molar-refractivity contribution in [3.05, 3.63) is 12.7 Å². The third-order valence-corrected chi connectivity index (χ3v) is 2.67. The summed E-state index contributed by atoms with van der Waals surface area (Å²) >= 11 is 0. The molecule has 110 valence electrons. The van der Waals surface area contributed by atoms with Crippen molar-refractivity contribution in [2.24, 2.45) is 0 Å². The van der Waals surface area contributed by atoms with E-state index in [9.17, 15) is 9.59 Å². The van der Waals surface area contributed by atoms with Crippen LogP contribution in [0.1, 0.15) is 40.5 Å². The zero-order chi connectivity index (χ0) is 15.1. The number of methoxy groups -OCH3 is 1. The molecule has 0 heterocycles. The van der Waals surface area contributed by atoms with Crippen molar-refractivity contribution >= 4 is 11.9 Å². The molecule has 0 radical (unpaired) electrons. The molecule has 0 aromatic heterocycles. The number of esters is 2. The van der Waals surface area contributed by atoms with Crippen molar-refractivity contribution < 1.29 is 23.8 Å². The number of carbonyl (C=O) groups is 2. The molecule has 0 saturated heterocycles. The predicted molar refractivity (Wildman–Crippen MR) is 71.6 cm³/mol. The van der Waals surface area contributed by atoms with Gasteiger partial charge < -0.3 is 14.2 Å². The summed E-state index contributed by atoms with van der Waals surface area (Å²) in [7, 11) is 1.21. The fourth-order valence-corrected chi connectivity index (χ4v) is 1.68. The molecule has 0 fully saturated rings. The average Bonchev–Trinajstić information content (AvgIpc) is 2.35. The average molecular weight is 272 g/mol. The Bertz CT molecular complexity index is 335. The lowest BCUT2D eigenvalue weighted by Gasteiger charge is -2.34. The van der Waals surface area contributed by atoms with Gasteiger partial charge in [-0.15, -0.1) is 6.58 Å². The number of hydrogen-bond acceptors (Lipinski definition) is 5. The van der Waals surface area contributed by atoms with Crippen molar-refractivity contribution in [2.75, 3.05) is 13.7 Å². The molecule has 0 N–H and O–H groups in total. The number of ether oxygens (including phenoxy) is 3. The minimum Gasteiger partial charge on any atom is -0.466 e. The van der Waals surface area contributed by atoms with Crippen molar-refractivity contribution in [1.29, 1.82) is 0 Å². The van der Waals surface area contributed by atoms with Gasteiger partial charge in [-0.2, -0.15) is 0 Å². The first kappa shape index (κ1) is 17.6. The lowest BCUT2D eigenvalue weighted by atomic mass is 9.99. The van der Waals surface area contributed by atoms with Gasteiger partial charge in [0, 0.05) is 0 Å². The molecule has 0 amide bonds. The monoisotopic (exact) mass is 272 g/mol. The Morgan fingerprint density at radius 3 is 2.21 bits per heavy atom. The summed E-state index contributed by atoms with van der Waals surface area (Å²) in [5.41, 5.74) is -2.43. The van der Waals surface area contributed by atoms with Crippen LogP contribution in [0.5, 0.6) is 0 Å². The molecule has 0 aliphatic carbocycles. The van der Waals surface area contributed by atoms with E-state index in [0.717, 1.165) is 0 Å². The highest BCUT2D eigenvalue weighted by atomic mass is 16.6. The maximum Gasteiger partial charge on any atom is 0.350 e. The van der Waals surface area contributed by atoms with Crippen LogP contribution < -0.4 is 0 Å². The van der Waals surface area contributed by atoms with Gasteiger partial charge in [-0.3, -0.25) is 0 Å². The van der Waals surface area contributed by atoms with Crippen LogP contribution in [0.15, 0.2) is 12.7 Å². The summed E-state index contributed by atoms with van der Waals surface area (Å²) in [6.07, 6.45) is 3.10. The van der Waals surface area contributed by atoms with Crippen molar-refractivity contribution in [3.63, 3.8) is 0 Å².